The van der Waals surface area contributed by atoms with Crippen molar-refractivity contribution in [1.82, 2.24) is 4.98 Å². The number of ether oxygens (including phenoxy) is 2. The Balaban J connectivity index is 0.00000364. The molecule has 0 fully saturated rings. The fraction of sp³-hybridized carbons (Fsp3) is 0.333. The lowest BCUT2D eigenvalue weighted by Crippen LogP contribution is -3.00. The van der Waals surface area contributed by atoms with Gasteiger partial charge in [0.15, 0.2) is 18.9 Å². The average molecular weight is 396 g/mol. The smallest absolute Gasteiger partial charge is 0.355 e. The lowest BCUT2D eigenvalue weighted by Gasteiger charge is -2.04. The van der Waals surface area contributed by atoms with Crippen LogP contribution in [0.1, 0.15) is 56.3 Å². The first-order valence-corrected chi connectivity index (χ1v) is 8.23. The second kappa shape index (κ2) is 9.72. The third kappa shape index (κ3) is 5.07. The van der Waals surface area contributed by atoms with Crippen LogP contribution in [0.15, 0.2) is 24.5 Å². The van der Waals surface area contributed by atoms with Crippen molar-refractivity contribution in [1.29, 1.82) is 0 Å². The Kier molecular flexibility index (Phi) is 7.99. The van der Waals surface area contributed by atoms with Crippen LogP contribution in [0.25, 0.3) is 0 Å². The Morgan fingerprint density at radius 3 is 2.37 bits per heavy atom. The Bertz CT molecular complexity index is 848. The van der Waals surface area contributed by atoms with Gasteiger partial charge in [-0.05, 0) is 32.4 Å². The van der Waals surface area contributed by atoms with Gasteiger partial charge >= 0.3 is 11.9 Å². The van der Waals surface area contributed by atoms with Gasteiger partial charge < -0.3 is 32.6 Å². The third-order valence-corrected chi connectivity index (χ3v) is 3.77. The largest absolute Gasteiger partial charge is 1.00 e. The number of primary amides is 1. The number of pyridine rings is 1. The highest BCUT2D eigenvalue weighted by molar-refractivity contribution is 5.98. The molecular formula is C18H22ClN3O5. The number of carbonyl (C=O) groups is 3. The molecule has 2 aromatic rings. The summed E-state index contributed by atoms with van der Waals surface area (Å²) >= 11 is 0. The predicted octanol–water partition coefficient (Wildman–Crippen LogP) is -1.88. The molecule has 27 heavy (non-hydrogen) atoms. The minimum Gasteiger partial charge on any atom is -1.00 e. The molecule has 0 unspecified atom stereocenters. The maximum absolute atomic E-state index is 12.4. The Morgan fingerprint density at radius 2 is 1.78 bits per heavy atom. The van der Waals surface area contributed by atoms with Gasteiger partial charge in [0.25, 0.3) is 5.91 Å². The van der Waals surface area contributed by atoms with Crippen LogP contribution in [0.2, 0.25) is 0 Å². The summed E-state index contributed by atoms with van der Waals surface area (Å²) in [5, 5.41) is 0. The molecule has 146 valence electrons. The van der Waals surface area contributed by atoms with E-state index in [1.54, 1.807) is 49.9 Å². The van der Waals surface area contributed by atoms with E-state index in [4.69, 9.17) is 15.2 Å². The molecule has 0 aliphatic heterocycles. The van der Waals surface area contributed by atoms with Crippen LogP contribution < -0.4 is 22.7 Å². The zero-order valence-electron chi connectivity index (χ0n) is 15.4. The van der Waals surface area contributed by atoms with Crippen LogP contribution in [-0.4, -0.2) is 36.0 Å². The van der Waals surface area contributed by atoms with Crippen LogP contribution >= 0.6 is 0 Å². The highest BCUT2D eigenvalue weighted by atomic mass is 35.5. The van der Waals surface area contributed by atoms with Gasteiger partial charge in [0.1, 0.15) is 11.3 Å². The monoisotopic (exact) mass is 395 g/mol. The number of halogens is 1. The lowest BCUT2D eigenvalue weighted by molar-refractivity contribution is -0.688. The van der Waals surface area contributed by atoms with E-state index in [-0.39, 0.29) is 43.4 Å². The SMILES string of the molecule is CCOC(=O)c1[nH]c(C[n+]2cccc(C(N)=O)c2)c(C(=O)OCC)c1C.[Cl-]. The highest BCUT2D eigenvalue weighted by Gasteiger charge is 2.27. The molecule has 0 aliphatic rings. The van der Waals surface area contributed by atoms with E-state index >= 15 is 0 Å². The molecule has 8 nitrogen and oxygen atoms in total. The van der Waals surface area contributed by atoms with Crippen molar-refractivity contribution in [2.75, 3.05) is 13.2 Å². The van der Waals surface area contributed by atoms with E-state index < -0.39 is 17.8 Å². The summed E-state index contributed by atoms with van der Waals surface area (Å²) in [6.07, 6.45) is 3.29. The van der Waals surface area contributed by atoms with Crippen LogP contribution in [0.5, 0.6) is 0 Å². The zero-order chi connectivity index (χ0) is 19.3. The standard InChI is InChI=1S/C18H21N3O5.ClH/c1-4-25-17(23)14-11(3)15(18(24)26-5-2)20-13(14)10-21-8-6-7-12(9-21)16(19)22;/h6-9H,4-5,10H2,1-3H3,(H2-,19,20,22,23,24);1H. The maximum atomic E-state index is 12.4. The fourth-order valence-corrected chi connectivity index (χ4v) is 2.61. The summed E-state index contributed by atoms with van der Waals surface area (Å²) in [5.41, 5.74) is 7.07. The maximum Gasteiger partial charge on any atom is 0.355 e. The Hall–Kier alpha value is -2.87. The number of nitrogens with two attached hydrogens (primary N) is 1. The second-order valence-electron chi connectivity index (χ2n) is 5.55. The number of rotatable bonds is 7. The first kappa shape index (κ1) is 22.2. The molecule has 0 atom stereocenters. The first-order valence-electron chi connectivity index (χ1n) is 8.23. The number of nitrogens with one attached hydrogen (secondary N) is 1. The number of amides is 1. The Labute approximate surface area is 163 Å². The van der Waals surface area contributed by atoms with Crippen LogP contribution in [0.4, 0.5) is 0 Å². The molecule has 2 heterocycles. The van der Waals surface area contributed by atoms with Crippen molar-refractivity contribution in [2.24, 2.45) is 5.73 Å². The van der Waals surface area contributed by atoms with E-state index in [1.165, 1.54) is 0 Å². The average Bonchev–Trinajstić information content (AvgIpc) is 2.92. The van der Waals surface area contributed by atoms with Gasteiger partial charge in [-0.1, -0.05) is 0 Å². The summed E-state index contributed by atoms with van der Waals surface area (Å²) in [6, 6.07) is 3.27. The molecule has 0 bridgehead atoms. The lowest BCUT2D eigenvalue weighted by atomic mass is 10.1. The third-order valence-electron chi connectivity index (χ3n) is 3.77. The minimum atomic E-state index is -0.556. The molecule has 3 N–H and O–H groups in total. The highest BCUT2D eigenvalue weighted by Crippen LogP contribution is 2.20. The van der Waals surface area contributed by atoms with Crippen molar-refractivity contribution in [3.05, 3.63) is 52.6 Å². The van der Waals surface area contributed by atoms with E-state index in [0.717, 1.165) is 0 Å². The predicted molar refractivity (Wildman–Crippen MR) is 91.7 cm³/mol. The molecule has 0 saturated heterocycles. The van der Waals surface area contributed by atoms with Crippen LogP contribution in [0.3, 0.4) is 0 Å². The number of hydrogen-bond donors (Lipinski definition) is 2. The number of aromatic nitrogens is 2. The first-order chi connectivity index (χ1) is 12.4. The second-order valence-corrected chi connectivity index (χ2v) is 5.55. The van der Waals surface area contributed by atoms with Crippen molar-refractivity contribution >= 4 is 17.8 Å². The van der Waals surface area contributed by atoms with Crippen LogP contribution in [-0.2, 0) is 16.0 Å². The molecular weight excluding hydrogens is 374 g/mol. The normalized spacial score (nSPS) is 10.0. The van der Waals surface area contributed by atoms with Gasteiger partial charge in [-0.15, -0.1) is 0 Å². The topological polar surface area (TPSA) is 115 Å². The summed E-state index contributed by atoms with van der Waals surface area (Å²) < 4.78 is 11.8. The van der Waals surface area contributed by atoms with E-state index in [9.17, 15) is 14.4 Å². The summed E-state index contributed by atoms with van der Waals surface area (Å²) in [7, 11) is 0. The molecule has 2 rings (SSSR count). The molecule has 2 aromatic heterocycles. The van der Waals surface area contributed by atoms with Crippen molar-refractivity contribution in [3.8, 4) is 0 Å². The number of nitrogens with zero attached hydrogens (tertiary/aromatic N) is 1. The van der Waals surface area contributed by atoms with Crippen molar-refractivity contribution < 1.29 is 40.8 Å². The van der Waals surface area contributed by atoms with E-state index in [0.29, 0.717) is 16.8 Å². The van der Waals surface area contributed by atoms with Gasteiger partial charge in [-0.3, -0.25) is 4.79 Å². The summed E-state index contributed by atoms with van der Waals surface area (Å²) in [6.45, 7) is 5.71. The fourth-order valence-electron chi connectivity index (χ4n) is 2.61. The molecule has 1 amide bonds. The number of H-pyrrole nitrogens is 1. The van der Waals surface area contributed by atoms with E-state index in [1.807, 2.05) is 0 Å². The number of hydrogen-bond acceptors (Lipinski definition) is 5. The van der Waals surface area contributed by atoms with Gasteiger partial charge in [-0.25, -0.2) is 9.59 Å². The van der Waals surface area contributed by atoms with E-state index in [2.05, 4.69) is 4.98 Å². The number of carbonyl (C=O) groups excluding carboxylic acids is 3. The molecule has 0 spiro atoms. The van der Waals surface area contributed by atoms with Gasteiger partial charge in [0, 0.05) is 6.07 Å². The minimum absolute atomic E-state index is 0. The Morgan fingerprint density at radius 1 is 1.15 bits per heavy atom. The summed E-state index contributed by atoms with van der Waals surface area (Å²) in [5.74, 6) is -1.63. The number of aromatic amines is 1. The van der Waals surface area contributed by atoms with Gasteiger partial charge in [0.2, 0.25) is 0 Å². The molecule has 0 saturated carbocycles. The zero-order valence-corrected chi connectivity index (χ0v) is 16.1. The van der Waals surface area contributed by atoms with Crippen molar-refractivity contribution in [3.63, 3.8) is 0 Å². The number of esters is 2. The molecule has 0 radical (unpaired) electrons. The van der Waals surface area contributed by atoms with Crippen LogP contribution in [0, 0.1) is 6.92 Å². The van der Waals surface area contributed by atoms with Gasteiger partial charge in [-0.2, -0.15) is 4.57 Å². The summed E-state index contributed by atoms with van der Waals surface area (Å²) in [4.78, 5) is 38.8. The molecule has 0 aliphatic carbocycles. The van der Waals surface area contributed by atoms with Gasteiger partial charge in [0.05, 0.1) is 24.5 Å². The molecule has 9 heteroatoms. The molecule has 0 aromatic carbocycles. The quantitative estimate of drug-likeness (QED) is 0.420. The van der Waals surface area contributed by atoms with Crippen molar-refractivity contribution in [2.45, 2.75) is 27.3 Å².